The molecule has 102 valence electrons. The molecule has 0 aromatic heterocycles. The Hall–Kier alpha value is -1.67. The van der Waals surface area contributed by atoms with Crippen LogP contribution in [0.3, 0.4) is 0 Å². The largest absolute Gasteiger partial charge is 0.382 e. The van der Waals surface area contributed by atoms with Crippen LogP contribution in [0.15, 0.2) is 0 Å². The van der Waals surface area contributed by atoms with Gasteiger partial charge >= 0.3 is 6.03 Å². The molecule has 0 unspecified atom stereocenters. The summed E-state index contributed by atoms with van der Waals surface area (Å²) in [6.07, 6.45) is 0. The number of hydroxylamine groups is 1. The van der Waals surface area contributed by atoms with Crippen molar-refractivity contribution >= 4 is 17.8 Å². The number of rotatable bonds is 6. The first kappa shape index (κ1) is 14.4. The van der Waals surface area contributed by atoms with E-state index in [0.29, 0.717) is 6.61 Å². The van der Waals surface area contributed by atoms with E-state index in [-0.39, 0.29) is 13.2 Å². The van der Waals surface area contributed by atoms with Gasteiger partial charge in [0.2, 0.25) is 0 Å². The highest BCUT2D eigenvalue weighted by Crippen LogP contribution is 2.15. The summed E-state index contributed by atoms with van der Waals surface area (Å²) in [6, 6.07) is -0.586. The van der Waals surface area contributed by atoms with Gasteiger partial charge in [0.25, 0.3) is 11.8 Å². The lowest BCUT2D eigenvalue weighted by molar-refractivity contribution is -0.140. The zero-order valence-electron chi connectivity index (χ0n) is 10.6. The van der Waals surface area contributed by atoms with Crippen molar-refractivity contribution < 1.29 is 24.0 Å². The van der Waals surface area contributed by atoms with Crippen molar-refractivity contribution in [3.8, 4) is 0 Å². The van der Waals surface area contributed by atoms with Gasteiger partial charge in [-0.25, -0.2) is 10.3 Å². The fourth-order valence-electron chi connectivity index (χ4n) is 1.39. The maximum Gasteiger partial charge on any atom is 0.325 e. The number of hydrogen-bond donors (Lipinski definition) is 2. The summed E-state index contributed by atoms with van der Waals surface area (Å²) in [5.74, 6) is -1.02. The van der Waals surface area contributed by atoms with E-state index in [0.717, 1.165) is 4.90 Å². The van der Waals surface area contributed by atoms with Gasteiger partial charge in [-0.1, -0.05) is 0 Å². The highest BCUT2D eigenvalue weighted by molar-refractivity contribution is 6.08. The third-order valence-electron chi connectivity index (χ3n) is 2.32. The molecular formula is C10H17N3O5. The van der Waals surface area contributed by atoms with Gasteiger partial charge < -0.3 is 10.1 Å². The van der Waals surface area contributed by atoms with Gasteiger partial charge in [0.1, 0.15) is 12.1 Å². The van der Waals surface area contributed by atoms with Crippen LogP contribution in [0.4, 0.5) is 4.79 Å². The first-order valence-electron chi connectivity index (χ1n) is 5.42. The number of carbonyl (C=O) groups excluding carboxylic acids is 3. The van der Waals surface area contributed by atoms with E-state index in [1.54, 1.807) is 13.8 Å². The van der Waals surface area contributed by atoms with Crippen LogP contribution in [-0.2, 0) is 19.2 Å². The molecule has 0 aromatic carbocycles. The van der Waals surface area contributed by atoms with E-state index >= 15 is 0 Å². The second kappa shape index (κ2) is 5.78. The molecule has 0 spiro atoms. The molecule has 8 heteroatoms. The molecule has 0 aromatic rings. The molecule has 0 bridgehead atoms. The van der Waals surface area contributed by atoms with E-state index in [9.17, 15) is 14.4 Å². The Morgan fingerprint density at radius 3 is 2.56 bits per heavy atom. The van der Waals surface area contributed by atoms with Crippen molar-refractivity contribution in [1.82, 2.24) is 15.7 Å². The van der Waals surface area contributed by atoms with Gasteiger partial charge in [0.05, 0.1) is 13.2 Å². The van der Waals surface area contributed by atoms with Crippen molar-refractivity contribution in [3.05, 3.63) is 0 Å². The van der Waals surface area contributed by atoms with Gasteiger partial charge in [0, 0.05) is 7.11 Å². The SMILES string of the molecule is COCCONC(=O)CN1C(=O)NC(C)(C)C1=O. The third kappa shape index (κ3) is 3.41. The molecule has 2 N–H and O–H groups in total. The maximum absolute atomic E-state index is 11.8. The fraction of sp³-hybridized carbons (Fsp3) is 0.700. The lowest BCUT2D eigenvalue weighted by atomic mass is 10.1. The average molecular weight is 259 g/mol. The molecule has 8 nitrogen and oxygen atoms in total. The Morgan fingerprint density at radius 2 is 2.06 bits per heavy atom. The number of ether oxygens (including phenoxy) is 1. The molecule has 18 heavy (non-hydrogen) atoms. The zero-order valence-corrected chi connectivity index (χ0v) is 10.6. The minimum Gasteiger partial charge on any atom is -0.382 e. The summed E-state index contributed by atoms with van der Waals surface area (Å²) < 4.78 is 4.71. The molecule has 1 rings (SSSR count). The molecule has 0 atom stereocenters. The highest BCUT2D eigenvalue weighted by atomic mass is 16.7. The molecule has 0 radical (unpaired) electrons. The molecule has 1 fully saturated rings. The van der Waals surface area contributed by atoms with Crippen molar-refractivity contribution in [2.45, 2.75) is 19.4 Å². The van der Waals surface area contributed by atoms with E-state index in [4.69, 9.17) is 9.57 Å². The van der Waals surface area contributed by atoms with Crippen molar-refractivity contribution in [2.24, 2.45) is 0 Å². The first-order valence-corrected chi connectivity index (χ1v) is 5.42. The second-order valence-electron chi connectivity index (χ2n) is 4.31. The molecule has 1 saturated heterocycles. The Balaban J connectivity index is 2.41. The van der Waals surface area contributed by atoms with Crippen LogP contribution in [0, 0.1) is 0 Å². The zero-order chi connectivity index (χ0) is 13.8. The van der Waals surface area contributed by atoms with Crippen molar-refractivity contribution in [2.75, 3.05) is 26.9 Å². The molecule has 4 amide bonds. The van der Waals surface area contributed by atoms with Crippen molar-refractivity contribution in [1.29, 1.82) is 0 Å². The van der Waals surface area contributed by atoms with Gasteiger partial charge in [-0.15, -0.1) is 0 Å². The number of amides is 4. The van der Waals surface area contributed by atoms with Gasteiger partial charge in [-0.3, -0.25) is 19.3 Å². The van der Waals surface area contributed by atoms with E-state index in [2.05, 4.69) is 10.8 Å². The van der Waals surface area contributed by atoms with E-state index < -0.39 is 23.4 Å². The standard InChI is InChI=1S/C10H17N3O5/c1-10(2)8(15)13(9(16)11-10)6-7(14)12-18-5-4-17-3/h4-6H2,1-3H3,(H,11,16)(H,12,14). The number of urea groups is 1. The fourth-order valence-corrected chi connectivity index (χ4v) is 1.39. The van der Waals surface area contributed by atoms with E-state index in [1.165, 1.54) is 7.11 Å². The van der Waals surface area contributed by atoms with Crippen LogP contribution < -0.4 is 10.8 Å². The van der Waals surface area contributed by atoms with Crippen LogP contribution in [0.5, 0.6) is 0 Å². The third-order valence-corrected chi connectivity index (χ3v) is 2.32. The van der Waals surface area contributed by atoms with Crippen molar-refractivity contribution in [3.63, 3.8) is 0 Å². The topological polar surface area (TPSA) is 97.0 Å². The Labute approximate surface area is 105 Å². The minimum atomic E-state index is -0.978. The van der Waals surface area contributed by atoms with Crippen LogP contribution in [-0.4, -0.2) is 55.2 Å². The summed E-state index contributed by atoms with van der Waals surface area (Å²) in [7, 11) is 1.50. The van der Waals surface area contributed by atoms with Crippen LogP contribution in [0.1, 0.15) is 13.8 Å². The maximum atomic E-state index is 11.8. The predicted molar refractivity (Wildman–Crippen MR) is 60.3 cm³/mol. The smallest absolute Gasteiger partial charge is 0.325 e. The predicted octanol–water partition coefficient (Wildman–Crippen LogP) is -0.989. The van der Waals surface area contributed by atoms with Gasteiger partial charge in [-0.05, 0) is 13.8 Å². The summed E-state index contributed by atoms with van der Waals surface area (Å²) in [6.45, 7) is 3.28. The summed E-state index contributed by atoms with van der Waals surface area (Å²) in [5.41, 5.74) is 1.14. The van der Waals surface area contributed by atoms with Crippen LogP contribution in [0.25, 0.3) is 0 Å². The van der Waals surface area contributed by atoms with Gasteiger partial charge in [-0.2, -0.15) is 0 Å². The number of nitrogens with zero attached hydrogens (tertiary/aromatic N) is 1. The molecule has 1 heterocycles. The Bertz CT molecular complexity index is 355. The molecule has 1 aliphatic rings. The first-order chi connectivity index (χ1) is 8.38. The number of nitrogens with one attached hydrogen (secondary N) is 2. The highest BCUT2D eigenvalue weighted by Gasteiger charge is 2.44. The second-order valence-corrected chi connectivity index (χ2v) is 4.31. The minimum absolute atomic E-state index is 0.188. The van der Waals surface area contributed by atoms with Crippen LogP contribution >= 0.6 is 0 Å². The quantitative estimate of drug-likeness (QED) is 0.363. The Kier molecular flexibility index (Phi) is 4.62. The normalized spacial score (nSPS) is 17.8. The number of carbonyl (C=O) groups is 3. The van der Waals surface area contributed by atoms with E-state index in [1.807, 2.05) is 0 Å². The average Bonchev–Trinajstić information content (AvgIpc) is 2.47. The monoisotopic (exact) mass is 259 g/mol. The van der Waals surface area contributed by atoms with Gasteiger partial charge in [0.15, 0.2) is 0 Å². The summed E-state index contributed by atoms with van der Waals surface area (Å²) in [4.78, 5) is 40.2. The number of methoxy groups -OCH3 is 1. The van der Waals surface area contributed by atoms with Crippen LogP contribution in [0.2, 0.25) is 0 Å². The lowest BCUT2D eigenvalue weighted by Gasteiger charge is -2.15. The molecule has 1 aliphatic heterocycles. The molecule has 0 aliphatic carbocycles. The summed E-state index contributed by atoms with van der Waals surface area (Å²) in [5, 5.41) is 2.47. The number of imide groups is 1. The summed E-state index contributed by atoms with van der Waals surface area (Å²) >= 11 is 0. The molecular weight excluding hydrogens is 242 g/mol. The molecule has 0 saturated carbocycles. The Morgan fingerprint density at radius 1 is 1.39 bits per heavy atom. The number of hydrogen-bond acceptors (Lipinski definition) is 5. The lowest BCUT2D eigenvalue weighted by Crippen LogP contribution is -2.43.